The summed E-state index contributed by atoms with van der Waals surface area (Å²) in [5, 5.41) is 3.25. The minimum absolute atomic E-state index is 0.0224. The summed E-state index contributed by atoms with van der Waals surface area (Å²) in [6.07, 6.45) is 9.33. The molecule has 0 radical (unpaired) electrons. The van der Waals surface area contributed by atoms with Crippen LogP contribution in [0.4, 0.5) is 0 Å². The molecule has 1 aromatic heterocycles. The lowest BCUT2D eigenvalue weighted by molar-refractivity contribution is -0.129. The van der Waals surface area contributed by atoms with Crippen LogP contribution in [0.3, 0.4) is 0 Å². The molecule has 1 aliphatic heterocycles. The summed E-state index contributed by atoms with van der Waals surface area (Å²) in [5.74, 6) is 1.08. The van der Waals surface area contributed by atoms with Crippen LogP contribution in [0.25, 0.3) is 0 Å². The van der Waals surface area contributed by atoms with Crippen molar-refractivity contribution in [2.24, 2.45) is 17.8 Å². The number of hydrogen-bond donors (Lipinski definition) is 1. The van der Waals surface area contributed by atoms with Crippen LogP contribution in [-0.2, 0) is 9.59 Å². The number of aromatic nitrogens is 1. The van der Waals surface area contributed by atoms with Gasteiger partial charge in [-0.3, -0.25) is 14.6 Å². The van der Waals surface area contributed by atoms with E-state index < -0.39 is 0 Å². The number of likely N-dealkylation sites (tertiary alicyclic amines) is 1. The van der Waals surface area contributed by atoms with E-state index in [1.807, 2.05) is 23.1 Å². The van der Waals surface area contributed by atoms with Gasteiger partial charge in [-0.1, -0.05) is 18.9 Å². The Kier molecular flexibility index (Phi) is 4.73. The number of nitrogens with zero attached hydrogens (tertiary/aromatic N) is 2. The Morgan fingerprint density at radius 2 is 2.04 bits per heavy atom. The topological polar surface area (TPSA) is 62.3 Å². The number of carbonyl (C=O) groups excluding carboxylic acids is 2. The third-order valence-corrected chi connectivity index (χ3v) is 5.94. The molecular formula is C20H27N3O2. The lowest BCUT2D eigenvalue weighted by atomic mass is 9.94. The fourth-order valence-corrected chi connectivity index (χ4v) is 4.29. The Labute approximate surface area is 149 Å². The molecule has 1 N–H and O–H groups in total. The highest BCUT2D eigenvalue weighted by Crippen LogP contribution is 2.36. The number of pyridine rings is 1. The number of hydrogen-bond acceptors (Lipinski definition) is 3. The average Bonchev–Trinajstić information content (AvgIpc) is 3.13. The van der Waals surface area contributed by atoms with Crippen LogP contribution >= 0.6 is 0 Å². The van der Waals surface area contributed by atoms with E-state index in [4.69, 9.17) is 0 Å². The van der Waals surface area contributed by atoms with Crippen LogP contribution in [-0.4, -0.2) is 34.8 Å². The van der Waals surface area contributed by atoms with Gasteiger partial charge >= 0.3 is 0 Å². The molecule has 2 atom stereocenters. The van der Waals surface area contributed by atoms with E-state index in [9.17, 15) is 9.59 Å². The molecule has 1 aromatic rings. The molecular weight excluding hydrogens is 314 g/mol. The second kappa shape index (κ2) is 7.14. The summed E-state index contributed by atoms with van der Waals surface area (Å²) in [6, 6.07) is 5.86. The van der Waals surface area contributed by atoms with Crippen molar-refractivity contribution in [3.8, 4) is 0 Å². The largest absolute Gasteiger partial charge is 0.347 e. The van der Waals surface area contributed by atoms with Crippen molar-refractivity contribution < 1.29 is 9.59 Å². The quantitative estimate of drug-likeness (QED) is 0.865. The van der Waals surface area contributed by atoms with Crippen molar-refractivity contribution in [2.75, 3.05) is 13.1 Å². The number of nitrogens with one attached hydrogen (secondary N) is 1. The molecule has 0 spiro atoms. The Morgan fingerprint density at radius 3 is 2.72 bits per heavy atom. The molecule has 0 unspecified atom stereocenters. The van der Waals surface area contributed by atoms with Crippen LogP contribution in [0, 0.1) is 17.8 Å². The highest BCUT2D eigenvalue weighted by atomic mass is 16.2. The molecule has 2 aliphatic carbocycles. The third-order valence-electron chi connectivity index (χ3n) is 5.94. The van der Waals surface area contributed by atoms with Crippen molar-refractivity contribution in [3.05, 3.63) is 30.1 Å². The third kappa shape index (κ3) is 3.86. The fraction of sp³-hybridized carbons (Fsp3) is 0.650. The first-order chi connectivity index (χ1) is 12.2. The van der Waals surface area contributed by atoms with Gasteiger partial charge in [0.05, 0.1) is 17.7 Å². The van der Waals surface area contributed by atoms with Gasteiger partial charge in [0, 0.05) is 25.7 Å². The number of amides is 2. The van der Waals surface area contributed by atoms with E-state index in [2.05, 4.69) is 10.3 Å². The van der Waals surface area contributed by atoms with Crippen molar-refractivity contribution in [2.45, 2.75) is 51.0 Å². The Morgan fingerprint density at radius 1 is 1.24 bits per heavy atom. The molecule has 5 nitrogen and oxygen atoms in total. The molecule has 0 bridgehead atoms. The maximum Gasteiger partial charge on any atom is 0.225 e. The first-order valence-electron chi connectivity index (χ1n) is 9.70. The van der Waals surface area contributed by atoms with E-state index in [0.717, 1.165) is 25.1 Å². The monoisotopic (exact) mass is 341 g/mol. The maximum absolute atomic E-state index is 12.9. The standard InChI is InChI=1S/C20H27N3O2/c24-18-11-16(13-23(18)12-14-8-9-14)20(25)22-19(15-5-1-2-6-15)17-7-3-4-10-21-17/h3-4,7,10,14-16,19H,1-2,5-6,8-9,11-13H2,(H,22,25)/t16-,19-/m0/s1. The van der Waals surface area contributed by atoms with E-state index in [1.165, 1.54) is 25.7 Å². The van der Waals surface area contributed by atoms with Crippen molar-refractivity contribution in [1.29, 1.82) is 0 Å². The fourth-order valence-electron chi connectivity index (χ4n) is 4.29. The average molecular weight is 341 g/mol. The van der Waals surface area contributed by atoms with Crippen molar-refractivity contribution >= 4 is 11.8 Å². The molecule has 4 rings (SSSR count). The molecule has 5 heteroatoms. The zero-order valence-electron chi connectivity index (χ0n) is 14.7. The second-order valence-corrected chi connectivity index (χ2v) is 7.93. The van der Waals surface area contributed by atoms with Gasteiger partial charge in [-0.05, 0) is 49.7 Å². The van der Waals surface area contributed by atoms with Gasteiger partial charge < -0.3 is 10.2 Å². The molecule has 0 aromatic carbocycles. The van der Waals surface area contributed by atoms with E-state index in [-0.39, 0.29) is 23.8 Å². The second-order valence-electron chi connectivity index (χ2n) is 7.93. The van der Waals surface area contributed by atoms with Gasteiger partial charge in [0.1, 0.15) is 0 Å². The first-order valence-corrected chi connectivity index (χ1v) is 9.70. The SMILES string of the molecule is O=C(N[C@H](c1ccccn1)C1CCCC1)[C@H]1CC(=O)N(CC2CC2)C1. The normalized spacial score (nSPS) is 25.4. The summed E-state index contributed by atoms with van der Waals surface area (Å²) >= 11 is 0. The molecule has 25 heavy (non-hydrogen) atoms. The summed E-state index contributed by atoms with van der Waals surface area (Å²) in [5.41, 5.74) is 0.946. The van der Waals surface area contributed by atoms with E-state index in [1.54, 1.807) is 6.20 Å². The predicted octanol–water partition coefficient (Wildman–Crippen LogP) is 2.69. The first kappa shape index (κ1) is 16.6. The van der Waals surface area contributed by atoms with Crippen molar-refractivity contribution in [1.82, 2.24) is 15.2 Å². The molecule has 2 amide bonds. The maximum atomic E-state index is 12.9. The Bertz CT molecular complexity index is 623. The Balaban J connectivity index is 1.42. The minimum Gasteiger partial charge on any atom is -0.347 e. The van der Waals surface area contributed by atoms with Crippen LogP contribution in [0.15, 0.2) is 24.4 Å². The van der Waals surface area contributed by atoms with Gasteiger partial charge in [-0.25, -0.2) is 0 Å². The summed E-state index contributed by atoms with van der Waals surface area (Å²) in [4.78, 5) is 31.4. The van der Waals surface area contributed by atoms with Crippen LogP contribution < -0.4 is 5.32 Å². The van der Waals surface area contributed by atoms with E-state index in [0.29, 0.717) is 24.8 Å². The number of rotatable bonds is 6. The van der Waals surface area contributed by atoms with Crippen LogP contribution in [0.2, 0.25) is 0 Å². The lowest BCUT2D eigenvalue weighted by Gasteiger charge is -2.25. The summed E-state index contributed by atoms with van der Waals surface area (Å²) in [6.45, 7) is 1.43. The van der Waals surface area contributed by atoms with Gasteiger partial charge in [0.25, 0.3) is 0 Å². The molecule has 2 heterocycles. The molecule has 3 fully saturated rings. The van der Waals surface area contributed by atoms with Crippen LogP contribution in [0.5, 0.6) is 0 Å². The molecule has 3 aliphatic rings. The van der Waals surface area contributed by atoms with Gasteiger partial charge in [-0.2, -0.15) is 0 Å². The zero-order chi connectivity index (χ0) is 17.2. The molecule has 1 saturated heterocycles. The van der Waals surface area contributed by atoms with E-state index >= 15 is 0 Å². The number of carbonyl (C=O) groups is 2. The zero-order valence-corrected chi connectivity index (χ0v) is 14.7. The summed E-state index contributed by atoms with van der Waals surface area (Å²) in [7, 11) is 0. The van der Waals surface area contributed by atoms with Gasteiger partial charge in [0.2, 0.25) is 11.8 Å². The van der Waals surface area contributed by atoms with Crippen LogP contribution in [0.1, 0.15) is 56.7 Å². The van der Waals surface area contributed by atoms with Gasteiger partial charge in [0.15, 0.2) is 0 Å². The predicted molar refractivity (Wildman–Crippen MR) is 94.5 cm³/mol. The van der Waals surface area contributed by atoms with Crippen molar-refractivity contribution in [3.63, 3.8) is 0 Å². The smallest absolute Gasteiger partial charge is 0.225 e. The highest BCUT2D eigenvalue weighted by Gasteiger charge is 2.38. The highest BCUT2D eigenvalue weighted by molar-refractivity contribution is 5.89. The minimum atomic E-state index is -0.209. The lowest BCUT2D eigenvalue weighted by Crippen LogP contribution is -2.38. The molecule has 2 saturated carbocycles. The summed E-state index contributed by atoms with van der Waals surface area (Å²) < 4.78 is 0. The Hall–Kier alpha value is -1.91. The molecule has 134 valence electrons. The van der Waals surface area contributed by atoms with Gasteiger partial charge in [-0.15, -0.1) is 0 Å².